The molecule has 0 saturated carbocycles. The number of nitro benzene ring substituents is 1. The first kappa shape index (κ1) is 14.0. The van der Waals surface area contributed by atoms with Gasteiger partial charge in [-0.2, -0.15) is 5.10 Å². The molecule has 20 heavy (non-hydrogen) atoms. The van der Waals surface area contributed by atoms with E-state index in [1.165, 1.54) is 18.3 Å². The molecule has 0 amide bonds. The number of nitro groups is 1. The van der Waals surface area contributed by atoms with Crippen molar-refractivity contribution in [1.29, 1.82) is 0 Å². The van der Waals surface area contributed by atoms with E-state index in [9.17, 15) is 15.2 Å². The molecule has 0 spiro atoms. The second kappa shape index (κ2) is 6.16. The molecule has 2 aromatic rings. The van der Waals surface area contributed by atoms with E-state index in [0.717, 1.165) is 5.69 Å². The van der Waals surface area contributed by atoms with E-state index in [1.807, 2.05) is 30.3 Å². The van der Waals surface area contributed by atoms with E-state index in [-0.39, 0.29) is 21.5 Å². The molecule has 0 aliphatic carbocycles. The molecular weight excluding hydrogens is 326 g/mol. The first-order valence-corrected chi connectivity index (χ1v) is 6.38. The molecule has 7 heteroatoms. The molecule has 0 aliphatic rings. The summed E-state index contributed by atoms with van der Waals surface area (Å²) in [6, 6.07) is 11.7. The fourth-order valence-electron chi connectivity index (χ4n) is 1.50. The van der Waals surface area contributed by atoms with Gasteiger partial charge in [-0.3, -0.25) is 15.5 Å². The van der Waals surface area contributed by atoms with Crippen LogP contribution in [0.1, 0.15) is 5.56 Å². The molecule has 2 rings (SSSR count). The first-order chi connectivity index (χ1) is 9.58. The van der Waals surface area contributed by atoms with E-state index < -0.39 is 4.92 Å². The summed E-state index contributed by atoms with van der Waals surface area (Å²) in [6.45, 7) is 0. The summed E-state index contributed by atoms with van der Waals surface area (Å²) in [5.41, 5.74) is 3.65. The standard InChI is InChI=1S/C13H10BrN3O3/c14-12-7-11(17(19)20)6-9(13(12)18)8-15-16-10-4-2-1-3-5-10/h1-8,16,18H. The van der Waals surface area contributed by atoms with Crippen molar-refractivity contribution < 1.29 is 10.0 Å². The Morgan fingerprint density at radius 3 is 2.65 bits per heavy atom. The van der Waals surface area contributed by atoms with Crippen LogP contribution in [-0.4, -0.2) is 16.2 Å². The lowest BCUT2D eigenvalue weighted by molar-refractivity contribution is -0.385. The molecular formula is C13H10BrN3O3. The summed E-state index contributed by atoms with van der Waals surface area (Å²) in [5, 5.41) is 24.5. The molecule has 0 saturated heterocycles. The molecule has 0 aliphatic heterocycles. The average Bonchev–Trinajstić information content (AvgIpc) is 2.44. The summed E-state index contributed by atoms with van der Waals surface area (Å²) in [6.07, 6.45) is 1.32. The fraction of sp³-hybridized carbons (Fsp3) is 0. The lowest BCUT2D eigenvalue weighted by Gasteiger charge is -2.02. The summed E-state index contributed by atoms with van der Waals surface area (Å²) in [5.74, 6) is -0.103. The molecule has 0 bridgehead atoms. The quantitative estimate of drug-likeness (QED) is 0.508. The van der Waals surface area contributed by atoms with Gasteiger partial charge in [-0.05, 0) is 28.1 Å². The lowest BCUT2D eigenvalue weighted by Crippen LogP contribution is -1.94. The van der Waals surface area contributed by atoms with Gasteiger partial charge < -0.3 is 5.11 Å². The van der Waals surface area contributed by atoms with Crippen LogP contribution in [0, 0.1) is 10.1 Å². The van der Waals surface area contributed by atoms with E-state index in [4.69, 9.17) is 0 Å². The molecule has 0 aromatic heterocycles. The van der Waals surface area contributed by atoms with Crippen LogP contribution in [-0.2, 0) is 0 Å². The highest BCUT2D eigenvalue weighted by atomic mass is 79.9. The number of non-ortho nitro benzene ring substituents is 1. The van der Waals surface area contributed by atoms with Crippen molar-refractivity contribution >= 4 is 33.5 Å². The maximum atomic E-state index is 10.8. The number of nitrogens with zero attached hydrogens (tertiary/aromatic N) is 2. The van der Waals surface area contributed by atoms with E-state index in [0.29, 0.717) is 0 Å². The fourth-order valence-corrected chi connectivity index (χ4v) is 1.96. The van der Waals surface area contributed by atoms with Crippen molar-refractivity contribution in [2.45, 2.75) is 0 Å². The molecule has 0 atom stereocenters. The molecule has 2 N–H and O–H groups in total. The molecule has 102 valence electrons. The highest BCUT2D eigenvalue weighted by molar-refractivity contribution is 9.10. The third-order valence-corrected chi connectivity index (χ3v) is 3.06. The van der Waals surface area contributed by atoms with Crippen LogP contribution in [0.15, 0.2) is 52.0 Å². The number of anilines is 1. The smallest absolute Gasteiger partial charge is 0.271 e. The zero-order chi connectivity index (χ0) is 14.5. The van der Waals surface area contributed by atoms with Gasteiger partial charge in [0.2, 0.25) is 0 Å². The number of halogens is 1. The van der Waals surface area contributed by atoms with Crippen molar-refractivity contribution in [1.82, 2.24) is 0 Å². The molecule has 0 heterocycles. The van der Waals surface area contributed by atoms with Gasteiger partial charge in [-0.25, -0.2) is 0 Å². The second-order valence-corrected chi connectivity index (χ2v) is 4.71. The summed E-state index contributed by atoms with van der Waals surface area (Å²) in [4.78, 5) is 10.2. The number of hydrogen-bond acceptors (Lipinski definition) is 5. The van der Waals surface area contributed by atoms with Crippen LogP contribution in [0.25, 0.3) is 0 Å². The number of phenolic OH excluding ortho intramolecular Hbond substituents is 1. The Kier molecular flexibility index (Phi) is 4.31. The van der Waals surface area contributed by atoms with Gasteiger partial charge in [0.1, 0.15) is 5.75 Å². The molecule has 0 fully saturated rings. The van der Waals surface area contributed by atoms with Crippen molar-refractivity contribution in [3.8, 4) is 5.75 Å². The van der Waals surface area contributed by atoms with Crippen LogP contribution in [0.5, 0.6) is 5.75 Å². The molecule has 0 radical (unpaired) electrons. The first-order valence-electron chi connectivity index (χ1n) is 5.59. The monoisotopic (exact) mass is 335 g/mol. The number of benzene rings is 2. The topological polar surface area (TPSA) is 87.8 Å². The van der Waals surface area contributed by atoms with Gasteiger partial charge in [0.25, 0.3) is 5.69 Å². The average molecular weight is 336 g/mol. The van der Waals surface area contributed by atoms with E-state index in [2.05, 4.69) is 26.5 Å². The van der Waals surface area contributed by atoms with Crippen LogP contribution in [0.4, 0.5) is 11.4 Å². The highest BCUT2D eigenvalue weighted by Crippen LogP contribution is 2.31. The Morgan fingerprint density at radius 1 is 1.30 bits per heavy atom. The number of rotatable bonds is 4. The number of para-hydroxylation sites is 1. The minimum Gasteiger partial charge on any atom is -0.506 e. The summed E-state index contributed by atoms with van der Waals surface area (Å²) in [7, 11) is 0. The minimum atomic E-state index is -0.536. The van der Waals surface area contributed by atoms with Gasteiger partial charge in [-0.15, -0.1) is 0 Å². The maximum absolute atomic E-state index is 10.8. The van der Waals surface area contributed by atoms with Crippen molar-refractivity contribution in [3.05, 3.63) is 62.6 Å². The Bertz CT molecular complexity index is 659. The number of nitrogens with one attached hydrogen (secondary N) is 1. The van der Waals surface area contributed by atoms with Gasteiger partial charge in [0.15, 0.2) is 0 Å². The third-order valence-electron chi connectivity index (χ3n) is 2.46. The van der Waals surface area contributed by atoms with Gasteiger partial charge in [0.05, 0.1) is 21.3 Å². The Hall–Kier alpha value is -2.41. The predicted octanol–water partition coefficient (Wildman–Crippen LogP) is 3.51. The van der Waals surface area contributed by atoms with Gasteiger partial charge in [-0.1, -0.05) is 18.2 Å². The number of hydrazone groups is 1. The van der Waals surface area contributed by atoms with Crippen LogP contribution in [0.3, 0.4) is 0 Å². The normalized spacial score (nSPS) is 10.7. The van der Waals surface area contributed by atoms with Crippen LogP contribution < -0.4 is 5.43 Å². The largest absolute Gasteiger partial charge is 0.506 e. The molecule has 0 unspecified atom stereocenters. The highest BCUT2D eigenvalue weighted by Gasteiger charge is 2.13. The van der Waals surface area contributed by atoms with Gasteiger partial charge in [0, 0.05) is 17.7 Å². The lowest BCUT2D eigenvalue weighted by atomic mass is 10.2. The van der Waals surface area contributed by atoms with E-state index in [1.54, 1.807) is 0 Å². The Labute approximate surface area is 123 Å². The Morgan fingerprint density at radius 2 is 2.00 bits per heavy atom. The van der Waals surface area contributed by atoms with E-state index >= 15 is 0 Å². The molecule has 6 nitrogen and oxygen atoms in total. The summed E-state index contributed by atoms with van der Waals surface area (Å²) >= 11 is 3.07. The minimum absolute atomic E-state index is 0.103. The van der Waals surface area contributed by atoms with Crippen molar-refractivity contribution in [3.63, 3.8) is 0 Å². The predicted molar refractivity (Wildman–Crippen MR) is 80.1 cm³/mol. The van der Waals surface area contributed by atoms with Crippen LogP contribution in [0.2, 0.25) is 0 Å². The number of phenols is 1. The van der Waals surface area contributed by atoms with Gasteiger partial charge >= 0.3 is 0 Å². The zero-order valence-electron chi connectivity index (χ0n) is 10.2. The van der Waals surface area contributed by atoms with Crippen LogP contribution >= 0.6 is 15.9 Å². The van der Waals surface area contributed by atoms with Crippen molar-refractivity contribution in [2.75, 3.05) is 5.43 Å². The number of hydrogen-bond donors (Lipinski definition) is 2. The third kappa shape index (κ3) is 3.33. The number of aromatic hydroxyl groups is 1. The maximum Gasteiger partial charge on any atom is 0.271 e. The zero-order valence-corrected chi connectivity index (χ0v) is 11.7. The molecule has 2 aromatic carbocycles. The SMILES string of the molecule is O=[N+]([O-])c1cc(Br)c(O)c(C=NNc2ccccc2)c1. The second-order valence-electron chi connectivity index (χ2n) is 3.86. The Balaban J connectivity index is 2.22. The summed E-state index contributed by atoms with van der Waals surface area (Å²) < 4.78 is 0.243. The van der Waals surface area contributed by atoms with Crippen molar-refractivity contribution in [2.24, 2.45) is 5.10 Å².